The van der Waals surface area contributed by atoms with E-state index in [1.165, 1.54) is 6.07 Å². The van der Waals surface area contributed by atoms with Crippen LogP contribution >= 0.6 is 0 Å². The Labute approximate surface area is 178 Å². The molecular weight excluding hydrogens is 400 g/mol. The fraction of sp³-hybridized carbons (Fsp3) is 0.174. The highest BCUT2D eigenvalue weighted by Crippen LogP contribution is 2.34. The van der Waals surface area contributed by atoms with Crippen molar-refractivity contribution < 1.29 is 29.6 Å². The van der Waals surface area contributed by atoms with E-state index in [4.69, 9.17) is 15.6 Å². The third kappa shape index (κ3) is 5.58. The molecule has 0 spiro atoms. The predicted octanol–water partition coefficient (Wildman–Crippen LogP) is 2.95. The molecule has 0 radical (unpaired) electrons. The maximum Gasteiger partial charge on any atom is 0.320 e. The van der Waals surface area contributed by atoms with Crippen molar-refractivity contribution >= 4 is 34.4 Å². The van der Waals surface area contributed by atoms with Gasteiger partial charge >= 0.3 is 5.97 Å². The molecule has 0 aliphatic heterocycles. The van der Waals surface area contributed by atoms with E-state index < -0.39 is 12.0 Å². The molecule has 1 atom stereocenters. The Morgan fingerprint density at radius 2 is 1.81 bits per heavy atom. The summed E-state index contributed by atoms with van der Waals surface area (Å²) < 4.78 is 5.77. The summed E-state index contributed by atoms with van der Waals surface area (Å²) in [6, 6.07) is 14.6. The van der Waals surface area contributed by atoms with Crippen LogP contribution in [0.4, 0.5) is 5.69 Å². The zero-order valence-corrected chi connectivity index (χ0v) is 16.6. The van der Waals surface area contributed by atoms with Gasteiger partial charge in [0.25, 0.3) is 0 Å². The maximum atomic E-state index is 11.1. The third-order valence-electron chi connectivity index (χ3n) is 4.66. The van der Waals surface area contributed by atoms with E-state index in [9.17, 15) is 19.8 Å². The van der Waals surface area contributed by atoms with Crippen molar-refractivity contribution in [2.45, 2.75) is 18.9 Å². The second kappa shape index (κ2) is 9.73. The van der Waals surface area contributed by atoms with Crippen molar-refractivity contribution in [1.82, 2.24) is 0 Å². The highest BCUT2D eigenvalue weighted by molar-refractivity contribution is 5.97. The molecule has 0 fully saturated rings. The van der Waals surface area contributed by atoms with E-state index in [-0.39, 0.29) is 42.2 Å². The molecule has 0 bridgehead atoms. The Kier molecular flexibility index (Phi) is 6.84. The van der Waals surface area contributed by atoms with Crippen molar-refractivity contribution in [3.8, 4) is 17.2 Å². The van der Waals surface area contributed by atoms with Crippen LogP contribution < -0.4 is 10.5 Å². The lowest BCUT2D eigenvalue weighted by molar-refractivity contribution is -0.138. The summed E-state index contributed by atoms with van der Waals surface area (Å²) in [5.41, 5.74) is 6.16. The summed E-state index contributed by atoms with van der Waals surface area (Å²) in [6.07, 6.45) is 0.486. The molecule has 3 aromatic carbocycles. The van der Waals surface area contributed by atoms with Gasteiger partial charge in [-0.2, -0.15) is 0 Å². The van der Waals surface area contributed by atoms with Crippen LogP contribution in [0.3, 0.4) is 0 Å². The second-order valence-electron chi connectivity index (χ2n) is 6.96. The van der Waals surface area contributed by atoms with E-state index in [0.29, 0.717) is 17.7 Å². The summed E-state index contributed by atoms with van der Waals surface area (Å²) >= 11 is 0. The average Bonchev–Trinajstić information content (AvgIpc) is 2.75. The normalized spacial score (nSPS) is 12.5. The molecule has 0 unspecified atom stereocenters. The predicted molar refractivity (Wildman–Crippen MR) is 116 cm³/mol. The van der Waals surface area contributed by atoms with Gasteiger partial charge in [0.05, 0.1) is 5.71 Å². The minimum absolute atomic E-state index is 0.00136. The largest absolute Gasteiger partial charge is 0.508 e. The molecule has 0 saturated heterocycles. The Morgan fingerprint density at radius 3 is 2.52 bits per heavy atom. The quantitative estimate of drug-likeness (QED) is 0.307. The van der Waals surface area contributed by atoms with Crippen molar-refractivity contribution in [2.75, 3.05) is 6.61 Å². The number of ether oxygens (including phenoxy) is 1. The Hall–Kier alpha value is -3.91. The Balaban J connectivity index is 1.83. The molecule has 160 valence electrons. The molecule has 3 aromatic rings. The summed E-state index contributed by atoms with van der Waals surface area (Å²) in [6.45, 7) is 0.00136. The lowest BCUT2D eigenvalue weighted by Crippen LogP contribution is -2.32. The number of carbonyl (C=O) groups excluding carboxylic acids is 1. The van der Waals surface area contributed by atoms with Crippen LogP contribution in [0.5, 0.6) is 17.2 Å². The number of aldehydes is 1. The van der Waals surface area contributed by atoms with E-state index in [0.717, 1.165) is 16.8 Å². The van der Waals surface area contributed by atoms with Crippen LogP contribution in [0.25, 0.3) is 10.8 Å². The van der Waals surface area contributed by atoms with E-state index in [1.54, 1.807) is 0 Å². The summed E-state index contributed by atoms with van der Waals surface area (Å²) in [5.74, 6) is -1.24. The van der Waals surface area contributed by atoms with Crippen LogP contribution in [-0.4, -0.2) is 45.9 Å². The van der Waals surface area contributed by atoms with Crippen molar-refractivity contribution in [2.24, 2.45) is 10.7 Å². The molecule has 8 nitrogen and oxygen atoms in total. The summed E-state index contributed by atoms with van der Waals surface area (Å²) in [5, 5.41) is 31.2. The number of aromatic hydroxyl groups is 2. The molecule has 0 aromatic heterocycles. The number of phenolic OH excluding ortho intramolecular Hbond substituents is 2. The monoisotopic (exact) mass is 422 g/mol. The van der Waals surface area contributed by atoms with Crippen molar-refractivity contribution in [3.05, 3.63) is 60.2 Å². The first-order chi connectivity index (χ1) is 14.9. The van der Waals surface area contributed by atoms with Gasteiger partial charge in [-0.05, 0) is 34.5 Å². The second-order valence-corrected chi connectivity index (χ2v) is 6.96. The number of carboxylic acids is 1. The fourth-order valence-corrected chi connectivity index (χ4v) is 3.01. The van der Waals surface area contributed by atoms with E-state index >= 15 is 0 Å². The topological polar surface area (TPSA) is 142 Å². The highest BCUT2D eigenvalue weighted by Gasteiger charge is 2.17. The standard InChI is InChI=1S/C23H22N2O6/c24-19(23(29)30)10-16-11-20(22(28)12-21(16)27)25-17(7-8-26)13-31-18-6-5-14-3-1-2-4-15(14)9-18/h1-6,8-9,11-12,19,27-28H,7,10,13,24H2,(H,29,30)/t19-/m0/s1. The highest BCUT2D eigenvalue weighted by atomic mass is 16.5. The first-order valence-electron chi connectivity index (χ1n) is 9.52. The number of hydrogen-bond acceptors (Lipinski definition) is 7. The van der Waals surface area contributed by atoms with Crippen LogP contribution in [0.2, 0.25) is 0 Å². The van der Waals surface area contributed by atoms with Gasteiger partial charge < -0.3 is 30.6 Å². The third-order valence-corrected chi connectivity index (χ3v) is 4.66. The molecule has 0 aliphatic rings. The van der Waals surface area contributed by atoms with Gasteiger partial charge in [-0.25, -0.2) is 4.99 Å². The molecular formula is C23H22N2O6. The fourth-order valence-electron chi connectivity index (χ4n) is 3.01. The van der Waals surface area contributed by atoms with Crippen LogP contribution in [0.1, 0.15) is 12.0 Å². The van der Waals surface area contributed by atoms with Gasteiger partial charge in [-0.1, -0.05) is 30.3 Å². The number of carboxylic acid groups (broad SMARTS) is 1. The molecule has 31 heavy (non-hydrogen) atoms. The number of nitrogens with two attached hydrogens (primary N) is 1. The Bertz CT molecular complexity index is 1140. The summed E-state index contributed by atoms with van der Waals surface area (Å²) in [7, 11) is 0. The number of carbonyl (C=O) groups is 2. The molecule has 0 saturated carbocycles. The first kappa shape index (κ1) is 21.8. The van der Waals surface area contributed by atoms with Gasteiger partial charge in [-0.15, -0.1) is 0 Å². The van der Waals surface area contributed by atoms with Gasteiger partial charge in [0, 0.05) is 18.9 Å². The Morgan fingerprint density at radius 1 is 1.06 bits per heavy atom. The molecule has 0 aliphatic carbocycles. The van der Waals surface area contributed by atoms with E-state index in [2.05, 4.69) is 4.99 Å². The zero-order valence-electron chi connectivity index (χ0n) is 16.6. The van der Waals surface area contributed by atoms with Crippen LogP contribution in [0.15, 0.2) is 59.6 Å². The number of nitrogens with zero attached hydrogens (tertiary/aromatic N) is 1. The zero-order chi connectivity index (χ0) is 22.4. The molecule has 3 rings (SSSR count). The van der Waals surface area contributed by atoms with Gasteiger partial charge in [-0.3, -0.25) is 4.79 Å². The minimum atomic E-state index is -1.22. The van der Waals surface area contributed by atoms with Crippen LogP contribution in [-0.2, 0) is 16.0 Å². The molecule has 0 heterocycles. The maximum absolute atomic E-state index is 11.1. The number of aliphatic carboxylic acids is 1. The van der Waals surface area contributed by atoms with Gasteiger partial charge in [0.15, 0.2) is 0 Å². The first-order valence-corrected chi connectivity index (χ1v) is 9.52. The minimum Gasteiger partial charge on any atom is -0.508 e. The average molecular weight is 422 g/mol. The number of fused-ring (bicyclic) bond motifs is 1. The number of rotatable bonds is 9. The van der Waals surface area contributed by atoms with Crippen LogP contribution in [0, 0.1) is 0 Å². The number of aliphatic imine (C=N–C) groups is 1. The lowest BCUT2D eigenvalue weighted by Gasteiger charge is -2.12. The van der Waals surface area contributed by atoms with Gasteiger partial charge in [0.1, 0.15) is 41.9 Å². The molecule has 8 heteroatoms. The molecule has 5 N–H and O–H groups in total. The molecule has 0 amide bonds. The lowest BCUT2D eigenvalue weighted by atomic mass is 10.0. The number of phenols is 2. The number of hydrogen-bond donors (Lipinski definition) is 4. The van der Waals surface area contributed by atoms with E-state index in [1.807, 2.05) is 42.5 Å². The number of benzene rings is 3. The van der Waals surface area contributed by atoms with Crippen molar-refractivity contribution in [1.29, 1.82) is 0 Å². The SMILES string of the molecule is N[C@@H](Cc1cc(N=C(CC=O)COc2ccc3ccccc3c2)c(O)cc1O)C(=O)O. The van der Waals surface area contributed by atoms with Crippen molar-refractivity contribution in [3.63, 3.8) is 0 Å². The smallest absolute Gasteiger partial charge is 0.320 e. The summed E-state index contributed by atoms with van der Waals surface area (Å²) in [4.78, 5) is 26.4. The van der Waals surface area contributed by atoms with Gasteiger partial charge in [0.2, 0.25) is 0 Å².